The summed E-state index contributed by atoms with van der Waals surface area (Å²) in [7, 11) is 3.63. The summed E-state index contributed by atoms with van der Waals surface area (Å²) in [5.74, 6) is 0.934. The van der Waals surface area contributed by atoms with Crippen LogP contribution in [0, 0.1) is 11.2 Å². The van der Waals surface area contributed by atoms with Gasteiger partial charge in [-0.15, -0.1) is 0 Å². The first kappa shape index (κ1) is 27.0. The fourth-order valence-electron chi connectivity index (χ4n) is 5.94. The third kappa shape index (κ3) is 5.43. The Morgan fingerprint density at radius 3 is 2.54 bits per heavy atom. The number of nitrogens with zero attached hydrogens (tertiary/aromatic N) is 7. The maximum Gasteiger partial charge on any atom is 0.333 e. The summed E-state index contributed by atoms with van der Waals surface area (Å²) in [6.45, 7) is 1.17. The van der Waals surface area contributed by atoms with Gasteiger partial charge in [0.25, 0.3) is 0 Å². The molecule has 0 bridgehead atoms. The first-order valence-electron chi connectivity index (χ1n) is 13.5. The first-order chi connectivity index (χ1) is 19.8. The first-order valence-corrected chi connectivity index (χ1v) is 13.5. The molecule has 3 aromatic heterocycles. The number of likely N-dealkylation sites (tertiary alicyclic amines) is 1. The number of hydrogen-bond donors (Lipinski definition) is 1. The molecule has 12 heteroatoms. The van der Waals surface area contributed by atoms with Crippen molar-refractivity contribution < 1.29 is 17.9 Å². The van der Waals surface area contributed by atoms with Gasteiger partial charge in [-0.3, -0.25) is 0 Å². The quantitative estimate of drug-likeness (QED) is 0.310. The molecular weight excluding hydrogens is 533 g/mol. The Kier molecular flexibility index (Phi) is 7.24. The van der Waals surface area contributed by atoms with Gasteiger partial charge in [0.15, 0.2) is 5.82 Å². The molecule has 0 amide bonds. The second kappa shape index (κ2) is 11.0. The summed E-state index contributed by atoms with van der Waals surface area (Å²) < 4.78 is 47.2. The van der Waals surface area contributed by atoms with E-state index in [1.54, 1.807) is 24.4 Å². The van der Waals surface area contributed by atoms with Crippen LogP contribution in [0.15, 0.2) is 55.1 Å². The highest BCUT2D eigenvalue weighted by molar-refractivity contribution is 5.80. The molecule has 5 heterocycles. The molecule has 4 aromatic rings. The van der Waals surface area contributed by atoms with Crippen LogP contribution < -0.4 is 15.0 Å². The van der Waals surface area contributed by atoms with Crippen LogP contribution in [-0.4, -0.2) is 70.0 Å². The summed E-state index contributed by atoms with van der Waals surface area (Å²) in [4.78, 5) is 18.0. The minimum Gasteiger partial charge on any atom is -0.496 e. The lowest BCUT2D eigenvalue weighted by atomic mass is 9.77. The molecule has 1 spiro atoms. The highest BCUT2D eigenvalue weighted by atomic mass is 19.3. The van der Waals surface area contributed by atoms with Gasteiger partial charge in [0, 0.05) is 61.1 Å². The van der Waals surface area contributed by atoms with Gasteiger partial charge in [0.05, 0.1) is 18.9 Å². The number of nitrogens with one attached hydrogen (secondary N) is 1. The van der Waals surface area contributed by atoms with Crippen molar-refractivity contribution in [2.24, 2.45) is 5.41 Å². The summed E-state index contributed by atoms with van der Waals surface area (Å²) in [5, 5.41) is 7.04. The predicted molar refractivity (Wildman–Crippen MR) is 150 cm³/mol. The maximum absolute atomic E-state index is 14.7. The molecule has 0 saturated carbocycles. The van der Waals surface area contributed by atoms with Gasteiger partial charge in [-0.2, -0.15) is 13.9 Å². The van der Waals surface area contributed by atoms with E-state index in [0.29, 0.717) is 33.0 Å². The Bertz CT molecular complexity index is 1540. The normalized spacial score (nSPS) is 17.0. The average Bonchev–Trinajstić information content (AvgIpc) is 3.61. The minimum atomic E-state index is -2.73. The van der Waals surface area contributed by atoms with Crippen molar-refractivity contribution in [2.75, 3.05) is 50.6 Å². The molecule has 2 aliphatic heterocycles. The van der Waals surface area contributed by atoms with Crippen LogP contribution in [0.25, 0.3) is 22.5 Å². The molecule has 41 heavy (non-hydrogen) atoms. The monoisotopic (exact) mass is 564 g/mol. The van der Waals surface area contributed by atoms with Gasteiger partial charge in [0.2, 0.25) is 0 Å². The summed E-state index contributed by atoms with van der Waals surface area (Å²) >= 11 is 0. The van der Waals surface area contributed by atoms with Gasteiger partial charge in [-0.1, -0.05) is 6.07 Å². The highest BCUT2D eigenvalue weighted by Crippen LogP contribution is 2.43. The molecule has 0 unspecified atom stereocenters. The van der Waals surface area contributed by atoms with E-state index in [1.165, 1.54) is 38.2 Å². The lowest BCUT2D eigenvalue weighted by Crippen LogP contribution is -2.41. The van der Waals surface area contributed by atoms with Gasteiger partial charge in [-0.25, -0.2) is 24.0 Å². The molecular formula is C29H31F3N8O. The summed E-state index contributed by atoms with van der Waals surface area (Å²) in [6, 6.07) is 8.11. The Hall–Kier alpha value is -4.19. The van der Waals surface area contributed by atoms with Crippen LogP contribution in [0.5, 0.6) is 5.75 Å². The van der Waals surface area contributed by atoms with Gasteiger partial charge in [-0.05, 0) is 56.5 Å². The largest absolute Gasteiger partial charge is 0.496 e. The number of alkyl halides is 2. The van der Waals surface area contributed by atoms with Crippen molar-refractivity contribution in [1.82, 2.24) is 29.6 Å². The Morgan fingerprint density at radius 1 is 1.02 bits per heavy atom. The molecule has 0 radical (unpaired) electrons. The third-order valence-electron chi connectivity index (χ3n) is 8.12. The maximum atomic E-state index is 14.7. The van der Waals surface area contributed by atoms with E-state index in [-0.39, 0.29) is 11.4 Å². The standard InChI is InChI=1S/C29H31F3N8O/c1-38-11-7-29(18-38)8-12-39(13-9-29)22-14-25(34-16-20(22)19-15-35-40(17-19)28(31)32)36-24-6-10-33-27(37-24)26-21(30)4-3-5-23(26)41-2/h3-6,10,14-17,28H,7-9,11-13,18H2,1-2H3,(H,33,34,36,37). The topological polar surface area (TPSA) is 84.2 Å². The van der Waals surface area contributed by atoms with E-state index in [9.17, 15) is 13.2 Å². The van der Waals surface area contributed by atoms with Crippen LogP contribution in [0.2, 0.25) is 0 Å². The van der Waals surface area contributed by atoms with Crippen molar-refractivity contribution >= 4 is 17.3 Å². The molecule has 1 N–H and O–H groups in total. The van der Waals surface area contributed by atoms with Crippen molar-refractivity contribution in [3.63, 3.8) is 0 Å². The zero-order chi connectivity index (χ0) is 28.6. The molecule has 214 valence electrons. The smallest absolute Gasteiger partial charge is 0.333 e. The zero-order valence-corrected chi connectivity index (χ0v) is 22.9. The number of methoxy groups -OCH3 is 1. The van der Waals surface area contributed by atoms with E-state index in [1.807, 2.05) is 6.07 Å². The molecule has 6 rings (SSSR count). The number of ether oxygens (including phenoxy) is 1. The van der Waals surface area contributed by atoms with E-state index in [4.69, 9.17) is 4.74 Å². The Morgan fingerprint density at radius 2 is 1.83 bits per heavy atom. The van der Waals surface area contributed by atoms with Crippen molar-refractivity contribution in [1.29, 1.82) is 0 Å². The Labute approximate surface area is 236 Å². The van der Waals surface area contributed by atoms with Crippen LogP contribution in [-0.2, 0) is 0 Å². The van der Waals surface area contributed by atoms with Crippen LogP contribution >= 0.6 is 0 Å². The zero-order valence-electron chi connectivity index (χ0n) is 22.9. The summed E-state index contributed by atoms with van der Waals surface area (Å²) in [5.41, 5.74) is 2.66. The number of hydrogen-bond acceptors (Lipinski definition) is 8. The lowest BCUT2D eigenvalue weighted by Gasteiger charge is -2.41. The number of rotatable bonds is 7. The van der Waals surface area contributed by atoms with E-state index in [0.717, 1.165) is 50.3 Å². The number of benzene rings is 1. The van der Waals surface area contributed by atoms with Crippen LogP contribution in [0.4, 0.5) is 30.5 Å². The van der Waals surface area contributed by atoms with Gasteiger partial charge >= 0.3 is 6.55 Å². The predicted octanol–water partition coefficient (Wildman–Crippen LogP) is 5.61. The van der Waals surface area contributed by atoms with Crippen LogP contribution in [0.1, 0.15) is 25.8 Å². The molecule has 2 fully saturated rings. The molecule has 2 saturated heterocycles. The minimum absolute atomic E-state index is 0.165. The van der Waals surface area contributed by atoms with E-state index < -0.39 is 12.4 Å². The molecule has 1 aromatic carbocycles. The summed E-state index contributed by atoms with van der Waals surface area (Å²) in [6.07, 6.45) is 9.28. The second-order valence-electron chi connectivity index (χ2n) is 10.8. The van der Waals surface area contributed by atoms with Gasteiger partial charge < -0.3 is 19.9 Å². The number of piperidine rings is 1. The third-order valence-corrected chi connectivity index (χ3v) is 8.12. The van der Waals surface area contributed by atoms with Crippen LogP contribution in [0.3, 0.4) is 0 Å². The fraction of sp³-hybridized carbons (Fsp3) is 0.379. The number of pyridine rings is 1. The highest BCUT2D eigenvalue weighted by Gasteiger charge is 2.39. The second-order valence-corrected chi connectivity index (χ2v) is 10.8. The SMILES string of the molecule is COc1cccc(F)c1-c1nccc(Nc2cc(N3CCC4(CCN(C)C4)CC3)c(-c3cnn(C(F)F)c3)cn2)n1. The fourth-order valence-corrected chi connectivity index (χ4v) is 5.94. The molecule has 2 aliphatic rings. The molecule has 0 atom stereocenters. The molecule has 0 aliphatic carbocycles. The number of aromatic nitrogens is 5. The number of halogens is 3. The number of anilines is 3. The van der Waals surface area contributed by atoms with Crippen molar-refractivity contribution in [3.05, 3.63) is 60.9 Å². The Balaban J connectivity index is 1.31. The van der Waals surface area contributed by atoms with Crippen molar-refractivity contribution in [2.45, 2.75) is 25.8 Å². The van der Waals surface area contributed by atoms with Crippen molar-refractivity contribution in [3.8, 4) is 28.3 Å². The van der Waals surface area contributed by atoms with E-state index in [2.05, 4.69) is 42.2 Å². The average molecular weight is 565 g/mol. The van der Waals surface area contributed by atoms with E-state index >= 15 is 0 Å². The van der Waals surface area contributed by atoms with Gasteiger partial charge in [0.1, 0.15) is 23.2 Å². The molecule has 9 nitrogen and oxygen atoms in total. The lowest BCUT2D eigenvalue weighted by molar-refractivity contribution is 0.0566.